The summed E-state index contributed by atoms with van der Waals surface area (Å²) in [5, 5.41) is 10.0. The van der Waals surface area contributed by atoms with Gasteiger partial charge in [0.25, 0.3) is 0 Å². The van der Waals surface area contributed by atoms with Crippen molar-refractivity contribution in [1.82, 2.24) is 20.1 Å². The lowest BCUT2D eigenvalue weighted by molar-refractivity contribution is 0.451. The van der Waals surface area contributed by atoms with Crippen molar-refractivity contribution >= 4 is 11.3 Å². The van der Waals surface area contributed by atoms with Crippen molar-refractivity contribution in [1.29, 1.82) is 0 Å². The number of nitrogens with one attached hydrogen (secondary N) is 1. The summed E-state index contributed by atoms with van der Waals surface area (Å²) in [6.07, 6.45) is 3.96. The van der Waals surface area contributed by atoms with Gasteiger partial charge in [-0.25, -0.2) is 9.67 Å². The summed E-state index contributed by atoms with van der Waals surface area (Å²) in [6, 6.07) is 5.08. The fraction of sp³-hybridized carbons (Fsp3) is 0.571. The first kappa shape index (κ1) is 14.2. The third-order valence-electron chi connectivity index (χ3n) is 3.11. The van der Waals surface area contributed by atoms with Crippen LogP contribution in [-0.4, -0.2) is 14.8 Å². The summed E-state index contributed by atoms with van der Waals surface area (Å²) in [5.41, 5.74) is 0. The van der Waals surface area contributed by atoms with E-state index in [1.54, 1.807) is 6.33 Å². The van der Waals surface area contributed by atoms with Gasteiger partial charge < -0.3 is 5.32 Å². The van der Waals surface area contributed by atoms with Crippen LogP contribution in [0.2, 0.25) is 0 Å². The Labute approximate surface area is 118 Å². The fourth-order valence-corrected chi connectivity index (χ4v) is 3.01. The minimum Gasteiger partial charge on any atom is -0.302 e. The molecule has 2 aromatic heterocycles. The highest BCUT2D eigenvalue weighted by Crippen LogP contribution is 2.23. The van der Waals surface area contributed by atoms with Gasteiger partial charge in [-0.1, -0.05) is 19.4 Å². The van der Waals surface area contributed by atoms with Crippen molar-refractivity contribution in [2.24, 2.45) is 0 Å². The second kappa shape index (κ2) is 6.82. The summed E-state index contributed by atoms with van der Waals surface area (Å²) in [4.78, 5) is 5.74. The SMILES string of the molecule is CCCC(NCc1ncnn1C(C)C)c1cccs1. The van der Waals surface area contributed by atoms with Crippen LogP contribution in [0.15, 0.2) is 23.8 Å². The maximum Gasteiger partial charge on any atom is 0.141 e. The Hall–Kier alpha value is -1.20. The summed E-state index contributed by atoms with van der Waals surface area (Å²) in [7, 11) is 0. The van der Waals surface area contributed by atoms with Gasteiger partial charge in [0.1, 0.15) is 12.2 Å². The molecule has 0 saturated heterocycles. The average Bonchev–Trinajstić information content (AvgIpc) is 3.05. The molecule has 0 aliphatic carbocycles. The monoisotopic (exact) mass is 278 g/mol. The molecule has 0 spiro atoms. The van der Waals surface area contributed by atoms with E-state index >= 15 is 0 Å². The van der Waals surface area contributed by atoms with Crippen molar-refractivity contribution in [2.45, 2.75) is 52.2 Å². The third-order valence-corrected chi connectivity index (χ3v) is 4.09. The smallest absolute Gasteiger partial charge is 0.141 e. The molecule has 0 aliphatic heterocycles. The minimum absolute atomic E-state index is 0.352. The molecule has 1 N–H and O–H groups in total. The van der Waals surface area contributed by atoms with E-state index in [-0.39, 0.29) is 0 Å². The Kier molecular flexibility index (Phi) is 5.10. The third kappa shape index (κ3) is 3.64. The van der Waals surface area contributed by atoms with Crippen molar-refractivity contribution in [3.63, 3.8) is 0 Å². The van der Waals surface area contributed by atoms with Gasteiger partial charge in [-0.3, -0.25) is 0 Å². The zero-order valence-corrected chi connectivity index (χ0v) is 12.7. The molecule has 2 rings (SSSR count). The zero-order chi connectivity index (χ0) is 13.7. The van der Waals surface area contributed by atoms with Crippen molar-refractivity contribution in [3.8, 4) is 0 Å². The molecule has 1 unspecified atom stereocenters. The zero-order valence-electron chi connectivity index (χ0n) is 11.8. The van der Waals surface area contributed by atoms with Gasteiger partial charge in [0.05, 0.1) is 6.54 Å². The van der Waals surface area contributed by atoms with Gasteiger partial charge in [0.2, 0.25) is 0 Å². The lowest BCUT2D eigenvalue weighted by Gasteiger charge is -2.17. The Balaban J connectivity index is 2.01. The Morgan fingerprint density at radius 2 is 2.26 bits per heavy atom. The van der Waals surface area contributed by atoms with Gasteiger partial charge in [-0.2, -0.15) is 5.10 Å². The van der Waals surface area contributed by atoms with E-state index in [9.17, 15) is 0 Å². The number of hydrogen-bond donors (Lipinski definition) is 1. The van der Waals surface area contributed by atoms with Crippen LogP contribution in [0.1, 0.15) is 56.4 Å². The quantitative estimate of drug-likeness (QED) is 0.842. The largest absolute Gasteiger partial charge is 0.302 e. The molecule has 2 heterocycles. The predicted molar refractivity (Wildman–Crippen MR) is 79.2 cm³/mol. The predicted octanol–water partition coefficient (Wildman–Crippen LogP) is 3.55. The first-order chi connectivity index (χ1) is 9.22. The van der Waals surface area contributed by atoms with Gasteiger partial charge in [0, 0.05) is 17.0 Å². The molecule has 19 heavy (non-hydrogen) atoms. The Morgan fingerprint density at radius 3 is 2.89 bits per heavy atom. The normalized spacial score (nSPS) is 13.1. The van der Waals surface area contributed by atoms with E-state index in [0.717, 1.165) is 18.8 Å². The van der Waals surface area contributed by atoms with Crippen molar-refractivity contribution < 1.29 is 0 Å². The molecule has 0 saturated carbocycles. The topological polar surface area (TPSA) is 42.7 Å². The van der Waals surface area contributed by atoms with Crippen LogP contribution in [-0.2, 0) is 6.54 Å². The molecule has 0 fully saturated rings. The number of hydrogen-bond acceptors (Lipinski definition) is 4. The Morgan fingerprint density at radius 1 is 1.42 bits per heavy atom. The standard InChI is InChI=1S/C14H22N4S/c1-4-6-12(13-7-5-8-19-13)15-9-14-16-10-17-18(14)11(2)3/h5,7-8,10-12,15H,4,6,9H2,1-3H3. The van der Waals surface area contributed by atoms with E-state index < -0.39 is 0 Å². The van der Waals surface area contributed by atoms with E-state index in [1.807, 2.05) is 16.0 Å². The van der Waals surface area contributed by atoms with Crippen LogP contribution in [0.5, 0.6) is 0 Å². The van der Waals surface area contributed by atoms with Crippen LogP contribution in [0.25, 0.3) is 0 Å². The minimum atomic E-state index is 0.352. The molecular formula is C14H22N4S. The molecule has 4 nitrogen and oxygen atoms in total. The second-order valence-electron chi connectivity index (χ2n) is 4.95. The number of rotatable bonds is 7. The van der Waals surface area contributed by atoms with E-state index in [0.29, 0.717) is 12.1 Å². The van der Waals surface area contributed by atoms with E-state index in [1.165, 1.54) is 11.3 Å². The highest BCUT2D eigenvalue weighted by atomic mass is 32.1. The summed E-state index contributed by atoms with van der Waals surface area (Å²) in [5.74, 6) is 1.01. The Bertz CT molecular complexity index is 475. The highest BCUT2D eigenvalue weighted by molar-refractivity contribution is 7.10. The molecule has 5 heteroatoms. The van der Waals surface area contributed by atoms with Crippen LogP contribution < -0.4 is 5.32 Å². The van der Waals surface area contributed by atoms with Crippen LogP contribution in [0.3, 0.4) is 0 Å². The summed E-state index contributed by atoms with van der Waals surface area (Å²) < 4.78 is 1.98. The molecule has 0 bridgehead atoms. The molecule has 0 amide bonds. The summed E-state index contributed by atoms with van der Waals surface area (Å²) >= 11 is 1.81. The van der Waals surface area contributed by atoms with Gasteiger partial charge in [0.15, 0.2) is 0 Å². The lowest BCUT2D eigenvalue weighted by Crippen LogP contribution is -2.23. The van der Waals surface area contributed by atoms with Gasteiger partial charge in [-0.15, -0.1) is 11.3 Å². The molecule has 0 aromatic carbocycles. The molecule has 2 aromatic rings. The number of aromatic nitrogens is 3. The molecule has 0 radical (unpaired) electrons. The first-order valence-corrected chi connectivity index (χ1v) is 7.75. The molecular weight excluding hydrogens is 256 g/mol. The van der Waals surface area contributed by atoms with Crippen molar-refractivity contribution in [3.05, 3.63) is 34.5 Å². The lowest BCUT2D eigenvalue weighted by atomic mass is 10.1. The highest BCUT2D eigenvalue weighted by Gasteiger charge is 2.13. The van der Waals surface area contributed by atoms with Crippen LogP contribution in [0.4, 0.5) is 0 Å². The van der Waals surface area contributed by atoms with Gasteiger partial charge in [-0.05, 0) is 31.7 Å². The number of nitrogens with zero attached hydrogens (tertiary/aromatic N) is 3. The molecule has 104 valence electrons. The average molecular weight is 278 g/mol. The molecule has 1 atom stereocenters. The first-order valence-electron chi connectivity index (χ1n) is 6.87. The maximum absolute atomic E-state index is 4.34. The fourth-order valence-electron chi connectivity index (χ4n) is 2.17. The van der Waals surface area contributed by atoms with E-state index in [2.05, 4.69) is 53.7 Å². The van der Waals surface area contributed by atoms with Crippen molar-refractivity contribution in [2.75, 3.05) is 0 Å². The second-order valence-corrected chi connectivity index (χ2v) is 5.93. The maximum atomic E-state index is 4.34. The molecule has 0 aliphatic rings. The van der Waals surface area contributed by atoms with Gasteiger partial charge >= 0.3 is 0 Å². The summed E-state index contributed by atoms with van der Waals surface area (Å²) in [6.45, 7) is 7.24. The van der Waals surface area contributed by atoms with E-state index in [4.69, 9.17) is 0 Å². The van der Waals surface area contributed by atoms with Crippen LogP contribution >= 0.6 is 11.3 Å². The van der Waals surface area contributed by atoms with Crippen LogP contribution in [0, 0.1) is 0 Å². The number of thiophene rings is 1.